The highest BCUT2D eigenvalue weighted by Crippen LogP contribution is 2.36. The Balaban J connectivity index is 1.32. The second-order valence-electron chi connectivity index (χ2n) is 9.05. The SMILES string of the molecule is O=C(N[C@@H](c1ccc(F)c(Cl)c1)[C@@]1(F)CCNC1)Oc1ccc2cnc(NC3CCOCC3)nc2c1. The molecule has 0 aliphatic carbocycles. The number of carbonyl (C=O) groups is 1. The van der Waals surface area contributed by atoms with Crippen LogP contribution < -0.4 is 20.7 Å². The highest BCUT2D eigenvalue weighted by atomic mass is 35.5. The molecule has 36 heavy (non-hydrogen) atoms. The van der Waals surface area contributed by atoms with E-state index >= 15 is 4.39 Å². The third kappa shape index (κ3) is 5.50. The van der Waals surface area contributed by atoms with Crippen LogP contribution in [0.5, 0.6) is 5.75 Å². The second kappa shape index (κ2) is 10.5. The van der Waals surface area contributed by atoms with Gasteiger partial charge >= 0.3 is 6.09 Å². The topological polar surface area (TPSA) is 97.4 Å². The summed E-state index contributed by atoms with van der Waals surface area (Å²) in [6.45, 7) is 1.87. The zero-order chi connectivity index (χ0) is 25.1. The Hall–Kier alpha value is -3.08. The standard InChI is InChI=1S/C25H26ClF2N5O3/c26-19-11-15(2-4-20(19)27)22(25(28)7-8-29-14-25)33-24(34)36-18-3-1-16-13-30-23(32-21(16)12-18)31-17-5-9-35-10-6-17/h1-4,11-13,17,22,29H,5-10,14H2,(H,33,34)(H,30,31,32)/t22-,25+/m0/s1. The molecule has 3 heterocycles. The van der Waals surface area contributed by atoms with Gasteiger partial charge in [0.25, 0.3) is 0 Å². The van der Waals surface area contributed by atoms with E-state index in [9.17, 15) is 9.18 Å². The second-order valence-corrected chi connectivity index (χ2v) is 9.45. The van der Waals surface area contributed by atoms with Crippen LogP contribution in [0.3, 0.4) is 0 Å². The molecule has 3 N–H and O–H groups in total. The van der Waals surface area contributed by atoms with Gasteiger partial charge in [-0.05, 0) is 55.6 Å². The van der Waals surface area contributed by atoms with Crippen LogP contribution in [0.1, 0.15) is 30.9 Å². The maximum absolute atomic E-state index is 15.7. The number of fused-ring (bicyclic) bond motifs is 1. The number of ether oxygens (including phenoxy) is 2. The summed E-state index contributed by atoms with van der Waals surface area (Å²) in [5, 5.41) is 9.52. The van der Waals surface area contributed by atoms with Crippen LogP contribution in [0.2, 0.25) is 5.02 Å². The van der Waals surface area contributed by atoms with Gasteiger partial charge in [-0.3, -0.25) is 0 Å². The summed E-state index contributed by atoms with van der Waals surface area (Å²) < 4.78 is 40.3. The first-order valence-electron chi connectivity index (χ1n) is 11.8. The summed E-state index contributed by atoms with van der Waals surface area (Å²) in [6.07, 6.45) is 2.76. The molecule has 0 spiro atoms. The molecule has 2 atom stereocenters. The average Bonchev–Trinajstić information content (AvgIpc) is 3.32. The fourth-order valence-corrected chi connectivity index (χ4v) is 4.73. The van der Waals surface area contributed by atoms with E-state index < -0.39 is 23.6 Å². The van der Waals surface area contributed by atoms with Crippen LogP contribution in [-0.4, -0.2) is 54.1 Å². The minimum absolute atomic E-state index is 0.0305. The molecule has 2 saturated heterocycles. The van der Waals surface area contributed by atoms with Crippen molar-refractivity contribution in [2.24, 2.45) is 0 Å². The molecule has 0 radical (unpaired) electrons. The van der Waals surface area contributed by atoms with Gasteiger partial charge in [0.05, 0.1) is 16.6 Å². The maximum atomic E-state index is 15.7. The molecule has 2 aliphatic rings. The minimum atomic E-state index is -1.79. The number of amides is 1. The number of hydrogen-bond donors (Lipinski definition) is 3. The van der Waals surface area contributed by atoms with Gasteiger partial charge in [0.1, 0.15) is 17.2 Å². The Kier molecular flexibility index (Phi) is 7.17. The van der Waals surface area contributed by atoms with Gasteiger partial charge in [-0.1, -0.05) is 17.7 Å². The molecule has 11 heteroatoms. The van der Waals surface area contributed by atoms with Crippen molar-refractivity contribution in [3.05, 3.63) is 59.0 Å². The molecule has 2 aromatic carbocycles. The molecule has 0 saturated carbocycles. The highest BCUT2D eigenvalue weighted by Gasteiger charge is 2.44. The number of aromatic nitrogens is 2. The lowest BCUT2D eigenvalue weighted by Crippen LogP contribution is -2.45. The number of carbonyl (C=O) groups excluding carboxylic acids is 1. The predicted octanol–water partition coefficient (Wildman–Crippen LogP) is 4.54. The van der Waals surface area contributed by atoms with E-state index in [1.165, 1.54) is 12.1 Å². The van der Waals surface area contributed by atoms with E-state index in [1.807, 2.05) is 0 Å². The molecule has 3 aromatic rings. The Labute approximate surface area is 211 Å². The number of benzene rings is 2. The third-order valence-electron chi connectivity index (χ3n) is 6.51. The molecule has 2 aliphatic heterocycles. The van der Waals surface area contributed by atoms with Crippen molar-refractivity contribution >= 4 is 34.5 Å². The first kappa shape index (κ1) is 24.6. The van der Waals surface area contributed by atoms with Gasteiger partial charge in [-0.25, -0.2) is 23.5 Å². The lowest BCUT2D eigenvalue weighted by atomic mass is 9.89. The van der Waals surface area contributed by atoms with Gasteiger partial charge in [0, 0.05) is 43.4 Å². The number of alkyl halides is 1. The van der Waals surface area contributed by atoms with E-state index in [0.717, 1.165) is 24.3 Å². The molecule has 1 amide bonds. The van der Waals surface area contributed by atoms with Gasteiger partial charge in [0.15, 0.2) is 0 Å². The van der Waals surface area contributed by atoms with Gasteiger partial charge in [-0.15, -0.1) is 0 Å². The molecule has 1 aromatic heterocycles. The fraction of sp³-hybridized carbons (Fsp3) is 0.400. The number of rotatable bonds is 6. The van der Waals surface area contributed by atoms with Crippen molar-refractivity contribution in [2.75, 3.05) is 31.6 Å². The molecule has 8 nitrogen and oxygen atoms in total. The van der Waals surface area contributed by atoms with Crippen molar-refractivity contribution in [3.63, 3.8) is 0 Å². The number of anilines is 1. The summed E-state index contributed by atoms with van der Waals surface area (Å²) >= 11 is 5.93. The van der Waals surface area contributed by atoms with E-state index in [0.29, 0.717) is 36.8 Å². The van der Waals surface area contributed by atoms with Crippen molar-refractivity contribution in [1.29, 1.82) is 0 Å². The fourth-order valence-electron chi connectivity index (χ4n) is 4.55. The summed E-state index contributed by atoms with van der Waals surface area (Å²) in [7, 11) is 0. The monoisotopic (exact) mass is 517 g/mol. The highest BCUT2D eigenvalue weighted by molar-refractivity contribution is 6.30. The summed E-state index contributed by atoms with van der Waals surface area (Å²) in [4.78, 5) is 21.7. The number of nitrogens with one attached hydrogen (secondary N) is 3. The Morgan fingerprint density at radius 3 is 2.83 bits per heavy atom. The molecule has 190 valence electrons. The van der Waals surface area contributed by atoms with Crippen molar-refractivity contribution in [2.45, 2.75) is 37.0 Å². The summed E-state index contributed by atoms with van der Waals surface area (Å²) in [6, 6.07) is 8.00. The molecule has 5 rings (SSSR count). The van der Waals surface area contributed by atoms with Crippen LogP contribution in [0.4, 0.5) is 19.5 Å². The first-order valence-corrected chi connectivity index (χ1v) is 12.2. The number of hydrogen-bond acceptors (Lipinski definition) is 7. The van der Waals surface area contributed by atoms with Gasteiger partial charge in [-0.2, -0.15) is 0 Å². The van der Waals surface area contributed by atoms with E-state index in [2.05, 4.69) is 25.9 Å². The summed E-state index contributed by atoms with van der Waals surface area (Å²) in [5.74, 6) is 0.101. The summed E-state index contributed by atoms with van der Waals surface area (Å²) in [5.41, 5.74) is -0.852. The molecular weight excluding hydrogens is 492 g/mol. The molecule has 2 fully saturated rings. The normalized spacial score (nSPS) is 21.3. The van der Waals surface area contributed by atoms with Gasteiger partial charge in [0.2, 0.25) is 5.95 Å². The minimum Gasteiger partial charge on any atom is -0.410 e. The molecule has 0 bridgehead atoms. The first-order chi connectivity index (χ1) is 17.4. The quantitative estimate of drug-likeness (QED) is 0.441. The van der Waals surface area contributed by atoms with Crippen LogP contribution in [0.25, 0.3) is 10.9 Å². The van der Waals surface area contributed by atoms with Crippen molar-refractivity contribution in [3.8, 4) is 5.75 Å². The predicted molar refractivity (Wildman–Crippen MR) is 132 cm³/mol. The Morgan fingerprint density at radius 1 is 1.25 bits per heavy atom. The van der Waals surface area contributed by atoms with Crippen molar-refractivity contribution in [1.82, 2.24) is 20.6 Å². The molecular formula is C25H26ClF2N5O3. The van der Waals surface area contributed by atoms with Crippen LogP contribution in [-0.2, 0) is 4.74 Å². The Morgan fingerprint density at radius 2 is 2.08 bits per heavy atom. The van der Waals surface area contributed by atoms with E-state index in [-0.39, 0.29) is 29.8 Å². The van der Waals surface area contributed by atoms with E-state index in [4.69, 9.17) is 21.1 Å². The Bertz CT molecular complexity index is 1250. The zero-order valence-corrected chi connectivity index (χ0v) is 20.2. The lowest BCUT2D eigenvalue weighted by molar-refractivity contribution is 0.0903. The molecule has 0 unspecified atom stereocenters. The van der Waals surface area contributed by atoms with Crippen LogP contribution in [0.15, 0.2) is 42.6 Å². The van der Waals surface area contributed by atoms with Crippen LogP contribution >= 0.6 is 11.6 Å². The van der Waals surface area contributed by atoms with Crippen LogP contribution in [0, 0.1) is 5.82 Å². The van der Waals surface area contributed by atoms with Gasteiger partial charge < -0.3 is 25.4 Å². The van der Waals surface area contributed by atoms with Crippen molar-refractivity contribution < 1.29 is 23.0 Å². The number of halogens is 3. The smallest absolute Gasteiger partial charge is 0.410 e. The zero-order valence-electron chi connectivity index (χ0n) is 19.4. The average molecular weight is 518 g/mol. The largest absolute Gasteiger partial charge is 0.413 e. The van der Waals surface area contributed by atoms with E-state index in [1.54, 1.807) is 24.4 Å². The lowest BCUT2D eigenvalue weighted by Gasteiger charge is -2.30. The third-order valence-corrected chi connectivity index (χ3v) is 6.80. The number of nitrogens with zero attached hydrogens (tertiary/aromatic N) is 2. The maximum Gasteiger partial charge on any atom is 0.413 e.